The molecule has 1 saturated heterocycles. The highest BCUT2D eigenvalue weighted by Gasteiger charge is 2.16. The predicted molar refractivity (Wildman–Crippen MR) is 62.4 cm³/mol. The molecule has 0 atom stereocenters. The fraction of sp³-hybridized carbons (Fsp3) is 0.800. The summed E-state index contributed by atoms with van der Waals surface area (Å²) in [6, 6.07) is 0. The second-order valence-electron chi connectivity index (χ2n) is 4.18. The maximum Gasteiger partial charge on any atom is 0.234 e. The number of guanidine groups is 1. The minimum absolute atomic E-state index is 0.126. The highest BCUT2D eigenvalue weighted by Crippen LogP contribution is 1.95. The molecule has 6 nitrogen and oxygen atoms in total. The average molecular weight is 225 g/mol. The number of carbonyl (C=O) groups is 1. The molecule has 0 aromatic rings. The Morgan fingerprint density at radius 2 is 2.38 bits per heavy atom. The average Bonchev–Trinajstić information content (AvgIpc) is 2.65. The van der Waals surface area contributed by atoms with Gasteiger partial charge >= 0.3 is 0 Å². The summed E-state index contributed by atoms with van der Waals surface area (Å²) in [6.07, 6.45) is 0. The van der Waals surface area contributed by atoms with E-state index in [1.165, 1.54) is 0 Å². The summed E-state index contributed by atoms with van der Waals surface area (Å²) in [6.45, 7) is 5.83. The summed E-state index contributed by atoms with van der Waals surface area (Å²) >= 11 is 0. The molecule has 0 saturated carbocycles. The summed E-state index contributed by atoms with van der Waals surface area (Å²) in [5, 5.41) is 6.11. The van der Waals surface area contributed by atoms with Crippen molar-refractivity contribution >= 4 is 11.9 Å². The van der Waals surface area contributed by atoms with Crippen molar-refractivity contribution in [1.29, 1.82) is 0 Å². The van der Waals surface area contributed by atoms with Gasteiger partial charge in [-0.15, -0.1) is 0 Å². The van der Waals surface area contributed by atoms with Crippen LogP contribution in [0.15, 0.2) is 4.99 Å². The van der Waals surface area contributed by atoms with E-state index >= 15 is 0 Å². The van der Waals surface area contributed by atoms with Crippen LogP contribution in [0.2, 0.25) is 0 Å². The van der Waals surface area contributed by atoms with Gasteiger partial charge in [-0.1, -0.05) is 0 Å². The molecule has 0 spiro atoms. The molecule has 2 N–H and O–H groups in total. The number of carbonyl (C=O) groups excluding carboxylic acids is 1. The van der Waals surface area contributed by atoms with Crippen molar-refractivity contribution in [3.05, 3.63) is 0 Å². The smallest absolute Gasteiger partial charge is 0.234 e. The number of rotatable bonds is 3. The first-order valence-electron chi connectivity index (χ1n) is 5.74. The predicted octanol–water partition coefficient (Wildman–Crippen LogP) is -1.69. The van der Waals surface area contributed by atoms with E-state index in [-0.39, 0.29) is 5.91 Å². The monoisotopic (exact) mass is 225 g/mol. The Kier molecular flexibility index (Phi) is 3.61. The van der Waals surface area contributed by atoms with Crippen LogP contribution in [0.25, 0.3) is 0 Å². The second-order valence-corrected chi connectivity index (χ2v) is 4.18. The van der Waals surface area contributed by atoms with Crippen molar-refractivity contribution in [1.82, 2.24) is 20.4 Å². The van der Waals surface area contributed by atoms with Crippen molar-refractivity contribution < 1.29 is 4.79 Å². The molecule has 16 heavy (non-hydrogen) atoms. The van der Waals surface area contributed by atoms with Crippen LogP contribution >= 0.6 is 0 Å². The fourth-order valence-corrected chi connectivity index (χ4v) is 1.93. The molecular formula is C10H19N5O. The lowest BCUT2D eigenvalue weighted by molar-refractivity contribution is -0.124. The van der Waals surface area contributed by atoms with Crippen LogP contribution in [0.4, 0.5) is 0 Å². The molecule has 90 valence electrons. The summed E-state index contributed by atoms with van der Waals surface area (Å²) in [5.74, 6) is 1.10. The molecule has 2 rings (SSSR count). The van der Waals surface area contributed by atoms with Crippen LogP contribution in [-0.4, -0.2) is 74.5 Å². The quantitative estimate of drug-likeness (QED) is 0.602. The Morgan fingerprint density at radius 1 is 1.50 bits per heavy atom. The van der Waals surface area contributed by atoms with Gasteiger partial charge in [-0.2, -0.15) is 0 Å². The van der Waals surface area contributed by atoms with Crippen molar-refractivity contribution in [2.75, 3.05) is 52.9 Å². The first kappa shape index (κ1) is 11.2. The van der Waals surface area contributed by atoms with Crippen LogP contribution in [-0.2, 0) is 4.79 Å². The van der Waals surface area contributed by atoms with Gasteiger partial charge in [0.15, 0.2) is 5.96 Å². The molecule has 6 heteroatoms. The van der Waals surface area contributed by atoms with Crippen LogP contribution in [0.5, 0.6) is 0 Å². The number of hydrogen-bond donors (Lipinski definition) is 2. The highest BCUT2D eigenvalue weighted by atomic mass is 16.2. The van der Waals surface area contributed by atoms with E-state index in [9.17, 15) is 4.79 Å². The van der Waals surface area contributed by atoms with Crippen LogP contribution in [0, 0.1) is 0 Å². The van der Waals surface area contributed by atoms with Crippen LogP contribution in [0.1, 0.15) is 0 Å². The number of amides is 1. The van der Waals surface area contributed by atoms with Crippen molar-refractivity contribution in [2.24, 2.45) is 4.99 Å². The highest BCUT2D eigenvalue weighted by molar-refractivity contribution is 5.81. The minimum atomic E-state index is 0.126. The molecule has 1 fully saturated rings. The standard InChI is InChI=1S/C10H19N5O/c1-14-5-2-12-10(14)13-4-7-15-6-3-11-9(16)8-15/h2-8H2,1H3,(H,11,16)(H,12,13). The Balaban J connectivity index is 1.66. The number of nitrogens with zero attached hydrogens (tertiary/aromatic N) is 3. The van der Waals surface area contributed by atoms with Gasteiger partial charge in [0, 0.05) is 39.8 Å². The molecule has 0 aliphatic carbocycles. The topological polar surface area (TPSA) is 60.0 Å². The molecule has 2 aliphatic rings. The lowest BCUT2D eigenvalue weighted by Crippen LogP contribution is -2.50. The van der Waals surface area contributed by atoms with Crippen LogP contribution < -0.4 is 10.6 Å². The third-order valence-corrected chi connectivity index (χ3v) is 2.89. The first-order valence-corrected chi connectivity index (χ1v) is 5.74. The van der Waals surface area contributed by atoms with Crippen molar-refractivity contribution in [3.8, 4) is 0 Å². The summed E-state index contributed by atoms with van der Waals surface area (Å²) in [7, 11) is 2.03. The van der Waals surface area contributed by atoms with E-state index in [0.29, 0.717) is 6.54 Å². The number of likely N-dealkylation sites (N-methyl/N-ethyl adjacent to an activating group) is 1. The molecule has 0 radical (unpaired) electrons. The minimum Gasteiger partial charge on any atom is -0.355 e. The van der Waals surface area contributed by atoms with Crippen LogP contribution in [0.3, 0.4) is 0 Å². The molecular weight excluding hydrogens is 206 g/mol. The Morgan fingerprint density at radius 3 is 3.06 bits per heavy atom. The molecule has 0 bridgehead atoms. The van der Waals surface area contributed by atoms with Gasteiger partial charge in [0.05, 0.1) is 13.1 Å². The SMILES string of the molecule is CN1CCN=C1NCCN1CCNC(=O)C1. The summed E-state index contributed by atoms with van der Waals surface area (Å²) in [4.78, 5) is 19.8. The van der Waals surface area contributed by atoms with Gasteiger partial charge in [0.1, 0.15) is 0 Å². The van der Waals surface area contributed by atoms with Gasteiger partial charge in [0.25, 0.3) is 0 Å². The maximum absolute atomic E-state index is 11.1. The van der Waals surface area contributed by atoms with E-state index in [0.717, 1.165) is 45.2 Å². The third-order valence-electron chi connectivity index (χ3n) is 2.89. The van der Waals surface area contributed by atoms with Gasteiger partial charge in [0.2, 0.25) is 5.91 Å². The zero-order valence-electron chi connectivity index (χ0n) is 9.70. The molecule has 2 heterocycles. The molecule has 0 aromatic heterocycles. The zero-order chi connectivity index (χ0) is 11.4. The maximum atomic E-state index is 11.1. The van der Waals surface area contributed by atoms with E-state index < -0.39 is 0 Å². The third kappa shape index (κ3) is 2.85. The van der Waals surface area contributed by atoms with E-state index in [2.05, 4.69) is 25.4 Å². The largest absolute Gasteiger partial charge is 0.355 e. The van der Waals surface area contributed by atoms with Gasteiger partial charge in [-0.25, -0.2) is 0 Å². The second kappa shape index (κ2) is 5.16. The van der Waals surface area contributed by atoms with Gasteiger partial charge in [-0.3, -0.25) is 14.7 Å². The molecule has 1 amide bonds. The van der Waals surface area contributed by atoms with Gasteiger partial charge in [-0.05, 0) is 0 Å². The zero-order valence-corrected chi connectivity index (χ0v) is 9.70. The lowest BCUT2D eigenvalue weighted by Gasteiger charge is -2.26. The first-order chi connectivity index (χ1) is 7.75. The van der Waals surface area contributed by atoms with Crippen molar-refractivity contribution in [2.45, 2.75) is 0 Å². The van der Waals surface area contributed by atoms with E-state index in [1.807, 2.05) is 7.05 Å². The molecule has 0 aromatic carbocycles. The van der Waals surface area contributed by atoms with E-state index in [4.69, 9.17) is 0 Å². The number of aliphatic imine (C=N–C) groups is 1. The van der Waals surface area contributed by atoms with Gasteiger partial charge < -0.3 is 15.5 Å². The Labute approximate surface area is 95.7 Å². The fourth-order valence-electron chi connectivity index (χ4n) is 1.93. The lowest BCUT2D eigenvalue weighted by atomic mass is 10.3. The number of nitrogens with one attached hydrogen (secondary N) is 2. The normalized spacial score (nSPS) is 21.9. The summed E-state index contributed by atoms with van der Waals surface area (Å²) in [5.41, 5.74) is 0. The molecule has 2 aliphatic heterocycles. The molecule has 0 unspecified atom stereocenters. The Bertz CT molecular complexity index is 291. The Hall–Kier alpha value is -1.30. The van der Waals surface area contributed by atoms with Crippen molar-refractivity contribution in [3.63, 3.8) is 0 Å². The summed E-state index contributed by atoms with van der Waals surface area (Å²) < 4.78 is 0. The number of piperazine rings is 1. The van der Waals surface area contributed by atoms with E-state index in [1.54, 1.807) is 0 Å². The number of hydrogen-bond acceptors (Lipinski definition) is 5.